The first-order valence-corrected chi connectivity index (χ1v) is 8.60. The van der Waals surface area contributed by atoms with E-state index in [1.54, 1.807) is 0 Å². The van der Waals surface area contributed by atoms with Crippen molar-refractivity contribution in [3.05, 3.63) is 0 Å². The Morgan fingerprint density at radius 3 is 2.30 bits per heavy atom. The van der Waals surface area contributed by atoms with Gasteiger partial charge in [0.25, 0.3) is 10.2 Å². The Balaban J connectivity index is 2.50. The fourth-order valence-corrected chi connectivity index (χ4v) is 4.07. The summed E-state index contributed by atoms with van der Waals surface area (Å²) in [4.78, 5) is 2.06. The van der Waals surface area contributed by atoms with E-state index in [9.17, 15) is 8.42 Å². The average Bonchev–Trinajstić information content (AvgIpc) is 2.35. The van der Waals surface area contributed by atoms with E-state index in [4.69, 9.17) is 5.11 Å². The molecule has 0 aromatic heterocycles. The first kappa shape index (κ1) is 17.8. The molecule has 6 nitrogen and oxygen atoms in total. The van der Waals surface area contributed by atoms with Gasteiger partial charge in [0.2, 0.25) is 0 Å². The van der Waals surface area contributed by atoms with Gasteiger partial charge in [0.05, 0.1) is 0 Å². The molecule has 120 valence electrons. The number of nitrogens with one attached hydrogen (secondary N) is 1. The number of rotatable bonds is 7. The maximum absolute atomic E-state index is 12.3. The Bertz CT molecular complexity index is 388. The van der Waals surface area contributed by atoms with Crippen LogP contribution in [0.2, 0.25) is 0 Å². The van der Waals surface area contributed by atoms with Crippen molar-refractivity contribution in [1.82, 2.24) is 13.9 Å². The minimum Gasteiger partial charge on any atom is -0.396 e. The fourth-order valence-electron chi connectivity index (χ4n) is 2.62. The molecule has 7 heteroatoms. The van der Waals surface area contributed by atoms with Gasteiger partial charge >= 0.3 is 0 Å². The molecule has 0 saturated carbocycles. The van der Waals surface area contributed by atoms with E-state index in [1.807, 2.05) is 27.9 Å². The topological polar surface area (TPSA) is 72.9 Å². The molecule has 0 bridgehead atoms. The van der Waals surface area contributed by atoms with Gasteiger partial charge < -0.3 is 10.0 Å². The van der Waals surface area contributed by atoms with E-state index in [0.717, 1.165) is 19.4 Å². The summed E-state index contributed by atoms with van der Waals surface area (Å²) in [6.45, 7) is 6.48. The summed E-state index contributed by atoms with van der Waals surface area (Å²) in [6.07, 6.45) is 1.47. The second-order valence-electron chi connectivity index (χ2n) is 6.75. The van der Waals surface area contributed by atoms with Crippen LogP contribution in [0.4, 0.5) is 0 Å². The third-order valence-electron chi connectivity index (χ3n) is 3.65. The average molecular weight is 307 g/mol. The van der Waals surface area contributed by atoms with Gasteiger partial charge in [-0.2, -0.15) is 12.7 Å². The monoisotopic (exact) mass is 307 g/mol. The molecule has 20 heavy (non-hydrogen) atoms. The van der Waals surface area contributed by atoms with E-state index in [0.29, 0.717) is 19.6 Å². The molecular formula is C13H29N3O3S. The molecule has 1 heterocycles. The Labute approximate surface area is 123 Å². The number of aliphatic hydroxyl groups excluding tert-OH is 1. The van der Waals surface area contributed by atoms with Crippen LogP contribution in [-0.4, -0.2) is 69.6 Å². The maximum Gasteiger partial charge on any atom is 0.279 e. The zero-order chi connectivity index (χ0) is 15.4. The van der Waals surface area contributed by atoms with Crippen molar-refractivity contribution >= 4 is 10.2 Å². The normalized spacial score (nSPS) is 19.7. The highest BCUT2D eigenvalue weighted by atomic mass is 32.2. The lowest BCUT2D eigenvalue weighted by atomic mass is 9.93. The number of piperidine rings is 1. The van der Waals surface area contributed by atoms with Gasteiger partial charge in [-0.1, -0.05) is 13.8 Å². The highest BCUT2D eigenvalue weighted by Gasteiger charge is 2.29. The molecule has 0 aromatic carbocycles. The van der Waals surface area contributed by atoms with E-state index >= 15 is 0 Å². The SMILES string of the molecule is CN(C)CC(C)(C)CNS(=O)(=O)N1CCC(CO)CC1. The lowest BCUT2D eigenvalue weighted by Crippen LogP contribution is -2.48. The van der Waals surface area contributed by atoms with Crippen LogP contribution in [-0.2, 0) is 10.2 Å². The lowest BCUT2D eigenvalue weighted by molar-refractivity contribution is 0.169. The summed E-state index contributed by atoms with van der Waals surface area (Å²) in [5.41, 5.74) is -0.111. The Kier molecular flexibility index (Phi) is 6.40. The minimum absolute atomic E-state index is 0.111. The van der Waals surface area contributed by atoms with Crippen molar-refractivity contribution in [2.24, 2.45) is 11.3 Å². The molecule has 0 aromatic rings. The molecule has 2 N–H and O–H groups in total. The lowest BCUT2D eigenvalue weighted by Gasteiger charge is -2.33. The predicted molar refractivity (Wildman–Crippen MR) is 80.6 cm³/mol. The molecule has 1 rings (SSSR count). The standard InChI is InChI=1S/C13H29N3O3S/c1-13(2,11-15(3)4)10-14-20(18,19)16-7-5-12(9-17)6-8-16/h12,14,17H,5-11H2,1-4H3. The summed E-state index contributed by atoms with van der Waals surface area (Å²) in [5, 5.41) is 9.09. The molecule has 0 unspecified atom stereocenters. The highest BCUT2D eigenvalue weighted by molar-refractivity contribution is 7.87. The van der Waals surface area contributed by atoms with Gasteiger partial charge in [0.15, 0.2) is 0 Å². The number of hydrogen-bond acceptors (Lipinski definition) is 4. The summed E-state index contributed by atoms with van der Waals surface area (Å²) in [7, 11) is 0.563. The maximum atomic E-state index is 12.3. The van der Waals surface area contributed by atoms with E-state index in [2.05, 4.69) is 9.62 Å². The third kappa shape index (κ3) is 5.65. The van der Waals surface area contributed by atoms with E-state index < -0.39 is 10.2 Å². The zero-order valence-corrected chi connectivity index (χ0v) is 13.9. The molecule has 0 aliphatic carbocycles. The molecule has 1 saturated heterocycles. The van der Waals surface area contributed by atoms with Gasteiger partial charge in [-0.25, -0.2) is 4.72 Å². The second-order valence-corrected chi connectivity index (χ2v) is 8.51. The molecule has 1 aliphatic rings. The predicted octanol–water partition coefficient (Wildman–Crippen LogP) is 0.113. The summed E-state index contributed by atoms with van der Waals surface area (Å²) >= 11 is 0. The van der Waals surface area contributed by atoms with Crippen molar-refractivity contribution in [3.63, 3.8) is 0 Å². The number of nitrogens with zero attached hydrogens (tertiary/aromatic N) is 2. The van der Waals surface area contributed by atoms with Crippen molar-refractivity contribution in [3.8, 4) is 0 Å². The summed E-state index contributed by atoms with van der Waals surface area (Å²) in [6, 6.07) is 0. The van der Waals surface area contributed by atoms with Gasteiger partial charge in [0, 0.05) is 32.8 Å². The van der Waals surface area contributed by atoms with Crippen LogP contribution in [0.15, 0.2) is 0 Å². The third-order valence-corrected chi connectivity index (χ3v) is 5.20. The Hall–Kier alpha value is -0.210. The van der Waals surface area contributed by atoms with Crippen LogP contribution in [0.5, 0.6) is 0 Å². The van der Waals surface area contributed by atoms with Gasteiger partial charge in [-0.15, -0.1) is 0 Å². The summed E-state index contributed by atoms with van der Waals surface area (Å²) in [5.74, 6) is 0.242. The van der Waals surface area contributed by atoms with Crippen molar-refractivity contribution in [1.29, 1.82) is 0 Å². The molecule has 0 spiro atoms. The van der Waals surface area contributed by atoms with Crippen molar-refractivity contribution < 1.29 is 13.5 Å². The largest absolute Gasteiger partial charge is 0.396 e. The quantitative estimate of drug-likeness (QED) is 0.700. The zero-order valence-electron chi connectivity index (χ0n) is 13.1. The highest BCUT2D eigenvalue weighted by Crippen LogP contribution is 2.19. The molecule has 1 aliphatic heterocycles. The molecular weight excluding hydrogens is 278 g/mol. The molecule has 0 amide bonds. The molecule has 1 fully saturated rings. The van der Waals surface area contributed by atoms with E-state index in [-0.39, 0.29) is 17.9 Å². The number of hydrogen-bond donors (Lipinski definition) is 2. The fraction of sp³-hybridized carbons (Fsp3) is 1.00. The van der Waals surface area contributed by atoms with Crippen LogP contribution in [0, 0.1) is 11.3 Å². The van der Waals surface area contributed by atoms with Crippen molar-refractivity contribution in [2.75, 3.05) is 46.9 Å². The molecule has 0 atom stereocenters. The smallest absolute Gasteiger partial charge is 0.279 e. The number of aliphatic hydroxyl groups is 1. The van der Waals surface area contributed by atoms with Crippen LogP contribution in [0.3, 0.4) is 0 Å². The van der Waals surface area contributed by atoms with Gasteiger partial charge in [0.1, 0.15) is 0 Å². The van der Waals surface area contributed by atoms with Crippen molar-refractivity contribution in [2.45, 2.75) is 26.7 Å². The van der Waals surface area contributed by atoms with Crippen LogP contribution < -0.4 is 4.72 Å². The second kappa shape index (κ2) is 7.17. The van der Waals surface area contributed by atoms with Crippen LogP contribution in [0.25, 0.3) is 0 Å². The Morgan fingerprint density at radius 2 is 1.85 bits per heavy atom. The van der Waals surface area contributed by atoms with Gasteiger partial charge in [-0.3, -0.25) is 0 Å². The molecule has 0 radical (unpaired) electrons. The van der Waals surface area contributed by atoms with E-state index in [1.165, 1.54) is 4.31 Å². The van der Waals surface area contributed by atoms with Crippen LogP contribution >= 0.6 is 0 Å². The van der Waals surface area contributed by atoms with Gasteiger partial charge in [-0.05, 0) is 38.3 Å². The summed E-state index contributed by atoms with van der Waals surface area (Å²) < 4.78 is 28.7. The van der Waals surface area contributed by atoms with Crippen LogP contribution in [0.1, 0.15) is 26.7 Å². The first-order valence-electron chi connectivity index (χ1n) is 7.16. The first-order chi connectivity index (χ1) is 9.16. The minimum atomic E-state index is -3.40. The Morgan fingerprint density at radius 1 is 1.30 bits per heavy atom.